The average Bonchev–Trinajstić information content (AvgIpc) is 3.13. The fourth-order valence-electron chi connectivity index (χ4n) is 1.90. The Balaban J connectivity index is 1.87. The van der Waals surface area contributed by atoms with Crippen molar-refractivity contribution in [2.24, 2.45) is 12.0 Å². The van der Waals surface area contributed by atoms with Gasteiger partial charge in [-0.2, -0.15) is 18.3 Å². The van der Waals surface area contributed by atoms with E-state index in [4.69, 9.17) is 0 Å². The predicted molar refractivity (Wildman–Crippen MR) is 86.8 cm³/mol. The van der Waals surface area contributed by atoms with Gasteiger partial charge in [0.15, 0.2) is 11.7 Å². The van der Waals surface area contributed by atoms with Gasteiger partial charge in [-0.05, 0) is 13.0 Å². The number of hydrogen-bond donors (Lipinski definition) is 2. The molecule has 0 saturated heterocycles. The number of halogens is 3. The Labute approximate surface area is 141 Å². The van der Waals surface area contributed by atoms with E-state index in [-0.39, 0.29) is 0 Å². The van der Waals surface area contributed by atoms with E-state index in [9.17, 15) is 13.2 Å². The van der Waals surface area contributed by atoms with Crippen LogP contribution in [0.2, 0.25) is 0 Å². The number of nitrogens with zero attached hydrogens (tertiary/aromatic N) is 4. The second kappa shape index (κ2) is 8.13. The van der Waals surface area contributed by atoms with Crippen molar-refractivity contribution < 1.29 is 13.2 Å². The number of nitrogens with one attached hydrogen (secondary N) is 2. The highest BCUT2D eigenvalue weighted by Crippen LogP contribution is 2.29. The number of alkyl halides is 3. The summed E-state index contributed by atoms with van der Waals surface area (Å²) in [4.78, 5) is 8.03. The minimum absolute atomic E-state index is 0.400. The largest absolute Gasteiger partial charge is 0.434 e. The molecule has 0 radical (unpaired) electrons. The highest BCUT2D eigenvalue weighted by Gasteiger charge is 2.33. The summed E-state index contributed by atoms with van der Waals surface area (Å²) in [6, 6.07) is 1.88. The van der Waals surface area contributed by atoms with Crippen molar-refractivity contribution in [2.45, 2.75) is 26.1 Å². The minimum atomic E-state index is -4.39. The van der Waals surface area contributed by atoms with Gasteiger partial charge in [0.2, 0.25) is 0 Å². The molecule has 0 aliphatic carbocycles. The SMILES string of the molecule is CCNC(=NCc1ccnn1C)NCCc1nc(C(F)(F)F)cs1. The monoisotopic (exact) mass is 360 g/mol. The maximum Gasteiger partial charge on any atom is 0.434 e. The number of rotatable bonds is 6. The summed E-state index contributed by atoms with van der Waals surface area (Å²) < 4.78 is 39.3. The number of aromatic nitrogens is 3. The van der Waals surface area contributed by atoms with Crippen LogP contribution in [0.25, 0.3) is 0 Å². The molecule has 0 atom stereocenters. The Morgan fingerprint density at radius 3 is 2.75 bits per heavy atom. The molecule has 132 valence electrons. The van der Waals surface area contributed by atoms with Crippen LogP contribution < -0.4 is 10.6 Å². The third kappa shape index (κ3) is 5.22. The number of aliphatic imine (C=N–C) groups is 1. The first kappa shape index (κ1) is 18.2. The van der Waals surface area contributed by atoms with Crippen molar-refractivity contribution in [1.29, 1.82) is 0 Å². The second-order valence-corrected chi connectivity index (χ2v) is 5.88. The van der Waals surface area contributed by atoms with Crippen molar-refractivity contribution in [2.75, 3.05) is 13.1 Å². The summed E-state index contributed by atoms with van der Waals surface area (Å²) in [6.07, 6.45) is -2.29. The van der Waals surface area contributed by atoms with E-state index >= 15 is 0 Å². The van der Waals surface area contributed by atoms with Crippen LogP contribution in [0, 0.1) is 0 Å². The molecule has 24 heavy (non-hydrogen) atoms. The van der Waals surface area contributed by atoms with E-state index < -0.39 is 11.9 Å². The molecule has 6 nitrogen and oxygen atoms in total. The third-order valence-electron chi connectivity index (χ3n) is 3.14. The standard InChI is InChI=1S/C14H19F3N6S/c1-3-18-13(20-8-10-4-7-21-23(10)2)19-6-5-12-22-11(9-24-12)14(15,16)17/h4,7,9H,3,5-6,8H2,1-2H3,(H2,18,19,20). The quantitative estimate of drug-likeness (QED) is 0.612. The molecule has 0 fully saturated rings. The van der Waals surface area contributed by atoms with Crippen LogP contribution in [0.1, 0.15) is 23.3 Å². The van der Waals surface area contributed by atoms with Crippen LogP contribution in [-0.2, 0) is 26.2 Å². The van der Waals surface area contributed by atoms with E-state index in [1.165, 1.54) is 0 Å². The lowest BCUT2D eigenvalue weighted by Crippen LogP contribution is -2.38. The zero-order valence-electron chi connectivity index (χ0n) is 13.4. The van der Waals surface area contributed by atoms with E-state index in [1.807, 2.05) is 20.0 Å². The normalized spacial score (nSPS) is 12.5. The first-order valence-corrected chi connectivity index (χ1v) is 8.28. The predicted octanol–water partition coefficient (Wildman–Crippen LogP) is 2.19. The van der Waals surface area contributed by atoms with Crippen molar-refractivity contribution in [3.05, 3.63) is 34.0 Å². The van der Waals surface area contributed by atoms with Gasteiger partial charge in [-0.3, -0.25) is 4.68 Å². The van der Waals surface area contributed by atoms with Crippen molar-refractivity contribution in [3.8, 4) is 0 Å². The molecule has 0 aromatic carbocycles. The number of thiazole rings is 1. The first-order chi connectivity index (χ1) is 11.4. The van der Waals surface area contributed by atoms with Gasteiger partial charge in [0.1, 0.15) is 0 Å². The van der Waals surface area contributed by atoms with Gasteiger partial charge in [0, 0.05) is 38.1 Å². The highest BCUT2D eigenvalue weighted by molar-refractivity contribution is 7.09. The van der Waals surface area contributed by atoms with E-state index in [1.54, 1.807) is 10.9 Å². The van der Waals surface area contributed by atoms with Gasteiger partial charge < -0.3 is 10.6 Å². The molecule has 2 N–H and O–H groups in total. The van der Waals surface area contributed by atoms with Crippen molar-refractivity contribution in [3.63, 3.8) is 0 Å². The number of guanidine groups is 1. The van der Waals surface area contributed by atoms with Crippen LogP contribution in [0.5, 0.6) is 0 Å². The molecule has 0 amide bonds. The Morgan fingerprint density at radius 2 is 2.17 bits per heavy atom. The maximum absolute atomic E-state index is 12.5. The smallest absolute Gasteiger partial charge is 0.357 e. The van der Waals surface area contributed by atoms with Gasteiger partial charge in [-0.25, -0.2) is 9.98 Å². The first-order valence-electron chi connectivity index (χ1n) is 7.40. The lowest BCUT2D eigenvalue weighted by atomic mass is 10.4. The summed E-state index contributed by atoms with van der Waals surface area (Å²) in [5, 5.41) is 11.7. The van der Waals surface area contributed by atoms with Crippen LogP contribution >= 0.6 is 11.3 Å². The Morgan fingerprint density at radius 1 is 1.38 bits per heavy atom. The summed E-state index contributed by atoms with van der Waals surface area (Å²) in [7, 11) is 1.84. The summed E-state index contributed by atoms with van der Waals surface area (Å²) in [6.45, 7) is 3.54. The Hall–Kier alpha value is -2.10. The summed E-state index contributed by atoms with van der Waals surface area (Å²) in [5.74, 6) is 0.603. The van der Waals surface area contributed by atoms with Crippen LogP contribution in [0.4, 0.5) is 13.2 Å². The third-order valence-corrected chi connectivity index (χ3v) is 4.05. The molecule has 0 aliphatic rings. The summed E-state index contributed by atoms with van der Waals surface area (Å²) in [5.41, 5.74) is 0.126. The molecule has 2 heterocycles. The minimum Gasteiger partial charge on any atom is -0.357 e. The van der Waals surface area contributed by atoms with Crippen molar-refractivity contribution in [1.82, 2.24) is 25.4 Å². The maximum atomic E-state index is 12.5. The van der Waals surface area contributed by atoms with E-state index in [2.05, 4.69) is 25.7 Å². The van der Waals surface area contributed by atoms with Crippen LogP contribution in [0.15, 0.2) is 22.6 Å². The zero-order valence-corrected chi connectivity index (χ0v) is 14.2. The van der Waals surface area contributed by atoms with Gasteiger partial charge >= 0.3 is 6.18 Å². The highest BCUT2D eigenvalue weighted by atomic mass is 32.1. The number of hydrogen-bond acceptors (Lipinski definition) is 4. The molecule has 2 aromatic heterocycles. The molecule has 2 rings (SSSR count). The van der Waals surface area contributed by atoms with Gasteiger partial charge in [0.25, 0.3) is 0 Å². The summed E-state index contributed by atoms with van der Waals surface area (Å²) >= 11 is 1.01. The van der Waals surface area contributed by atoms with Crippen LogP contribution in [-0.4, -0.2) is 33.8 Å². The van der Waals surface area contributed by atoms with Gasteiger partial charge in [0.05, 0.1) is 17.2 Å². The van der Waals surface area contributed by atoms with Crippen molar-refractivity contribution >= 4 is 17.3 Å². The Bertz CT molecular complexity index is 676. The lowest BCUT2D eigenvalue weighted by molar-refractivity contribution is -0.140. The van der Waals surface area contributed by atoms with E-state index in [0.717, 1.165) is 22.4 Å². The molecular weight excluding hydrogens is 341 g/mol. The molecule has 0 bridgehead atoms. The molecular formula is C14H19F3N6S. The van der Waals surface area contributed by atoms with Crippen LogP contribution in [0.3, 0.4) is 0 Å². The fourth-order valence-corrected chi connectivity index (χ4v) is 2.71. The lowest BCUT2D eigenvalue weighted by Gasteiger charge is -2.10. The molecule has 0 saturated carbocycles. The Kier molecular flexibility index (Phi) is 6.18. The average molecular weight is 360 g/mol. The molecule has 0 unspecified atom stereocenters. The van der Waals surface area contributed by atoms with E-state index in [0.29, 0.717) is 37.0 Å². The molecule has 0 spiro atoms. The fraction of sp³-hybridized carbons (Fsp3) is 0.500. The van der Waals surface area contributed by atoms with Gasteiger partial charge in [-0.1, -0.05) is 0 Å². The molecule has 0 aliphatic heterocycles. The zero-order chi connectivity index (χ0) is 17.6. The molecule has 2 aromatic rings. The number of aryl methyl sites for hydroxylation is 1. The van der Waals surface area contributed by atoms with Gasteiger partial charge in [-0.15, -0.1) is 11.3 Å². The second-order valence-electron chi connectivity index (χ2n) is 4.94. The topological polar surface area (TPSA) is 67.1 Å². The molecule has 10 heteroatoms.